The summed E-state index contributed by atoms with van der Waals surface area (Å²) in [6.07, 6.45) is 5.16. The third kappa shape index (κ3) is 7.74. The molecule has 4 atom stereocenters. The van der Waals surface area contributed by atoms with Gasteiger partial charge in [0.1, 0.15) is 40.3 Å². The Balaban J connectivity index is 1.27. The van der Waals surface area contributed by atoms with Gasteiger partial charge < -0.3 is 28.1 Å². The zero-order valence-corrected chi connectivity index (χ0v) is 33.1. The molecule has 7 rings (SSSR count). The van der Waals surface area contributed by atoms with E-state index in [1.807, 2.05) is 84.9 Å². The van der Waals surface area contributed by atoms with Gasteiger partial charge in [-0.1, -0.05) is 96.1 Å². The minimum Gasteiger partial charge on any atom is -0.500 e. The highest BCUT2D eigenvalue weighted by Crippen LogP contribution is 2.66. The molecule has 8 nitrogen and oxygen atoms in total. The fourth-order valence-corrected chi connectivity index (χ4v) is 7.73. The van der Waals surface area contributed by atoms with Crippen LogP contribution in [0.15, 0.2) is 136 Å². The maximum Gasteiger partial charge on any atom is 0.339 e. The molecule has 288 valence electrons. The normalized spacial score (nSPS) is 20.7. The van der Waals surface area contributed by atoms with Crippen LogP contribution in [0.4, 0.5) is 0 Å². The van der Waals surface area contributed by atoms with Crippen molar-refractivity contribution in [2.24, 2.45) is 5.92 Å². The first-order chi connectivity index (χ1) is 26.7. The van der Waals surface area contributed by atoms with Crippen molar-refractivity contribution in [2.75, 3.05) is 14.2 Å². The number of hydrogen-bond acceptors (Lipinski definition) is 8. The summed E-state index contributed by atoms with van der Waals surface area (Å²) in [5.74, 6) is 1.72. The molecule has 2 heterocycles. The van der Waals surface area contributed by atoms with E-state index in [4.69, 9.17) is 28.1 Å². The van der Waals surface area contributed by atoms with Gasteiger partial charge in [0, 0.05) is 12.0 Å². The summed E-state index contributed by atoms with van der Waals surface area (Å²) >= 11 is 0. The standard InChI is InChI=1S/C48H48O8/c1-46(2,3)32-15-19-34(20-16-32)53-36-13-9-11-30(25-36)23-24-48-44(39(52-8)29-42(50)56-48)43(45(48)40-27-38(51-7)28-41(49)55-40)31-12-10-14-37(26-31)54-35-21-17-33(18-22-35)47(4,5)6/h9-29,43-45H,1-8H3/b24-23+/t43-,44+,45+,48+/m0/s1. The molecule has 1 aromatic heterocycles. The first-order valence-electron chi connectivity index (χ1n) is 18.8. The highest BCUT2D eigenvalue weighted by atomic mass is 16.6. The second-order valence-electron chi connectivity index (χ2n) is 16.5. The van der Waals surface area contributed by atoms with Crippen LogP contribution in [0.3, 0.4) is 0 Å². The number of esters is 1. The van der Waals surface area contributed by atoms with E-state index in [9.17, 15) is 9.59 Å². The molecule has 1 fully saturated rings. The summed E-state index contributed by atoms with van der Waals surface area (Å²) in [5.41, 5.74) is 2.27. The van der Waals surface area contributed by atoms with Gasteiger partial charge in [-0.15, -0.1) is 0 Å². The number of fused-ring (bicyclic) bond motifs is 1. The average Bonchev–Trinajstić information content (AvgIpc) is 3.15. The van der Waals surface area contributed by atoms with Crippen LogP contribution in [0.1, 0.15) is 81.4 Å². The SMILES string of the molecule is COC1=CC(=O)O[C@]2(/C=C/c3cccc(Oc4ccc(C(C)(C)C)cc4)c3)[C@H]1[C@H](c1cccc(Oc3ccc(C(C)(C)C)cc3)c1)[C@H]2c1cc(OC)cc(=O)o1. The molecule has 0 radical (unpaired) electrons. The van der Waals surface area contributed by atoms with Gasteiger partial charge in [0.15, 0.2) is 5.60 Å². The number of rotatable bonds is 10. The lowest BCUT2D eigenvalue weighted by atomic mass is 9.49. The summed E-state index contributed by atoms with van der Waals surface area (Å²) in [4.78, 5) is 26.3. The van der Waals surface area contributed by atoms with E-state index in [2.05, 4.69) is 65.8 Å². The Morgan fingerprint density at radius 1 is 0.625 bits per heavy atom. The van der Waals surface area contributed by atoms with Crippen molar-refractivity contribution in [1.82, 2.24) is 0 Å². The van der Waals surface area contributed by atoms with Crippen LogP contribution >= 0.6 is 0 Å². The first kappa shape index (κ1) is 38.3. The second kappa shape index (κ2) is 14.9. The summed E-state index contributed by atoms with van der Waals surface area (Å²) < 4.78 is 36.3. The Labute approximate surface area is 328 Å². The summed E-state index contributed by atoms with van der Waals surface area (Å²) in [6, 6.07) is 34.6. The topological polar surface area (TPSA) is 93.4 Å². The van der Waals surface area contributed by atoms with Gasteiger partial charge in [-0.2, -0.15) is 0 Å². The molecule has 0 spiro atoms. The van der Waals surface area contributed by atoms with Crippen LogP contribution < -0.4 is 19.8 Å². The summed E-state index contributed by atoms with van der Waals surface area (Å²) in [6.45, 7) is 13.0. The Morgan fingerprint density at radius 2 is 1.21 bits per heavy atom. The molecular formula is C48H48O8. The monoisotopic (exact) mass is 752 g/mol. The third-order valence-corrected chi connectivity index (χ3v) is 10.6. The highest BCUT2D eigenvalue weighted by molar-refractivity contribution is 5.85. The summed E-state index contributed by atoms with van der Waals surface area (Å²) in [5, 5.41) is 0. The van der Waals surface area contributed by atoms with Crippen LogP contribution in [0, 0.1) is 5.92 Å². The lowest BCUT2D eigenvalue weighted by molar-refractivity contribution is -0.182. The molecule has 1 aliphatic carbocycles. The lowest BCUT2D eigenvalue weighted by Crippen LogP contribution is -2.63. The van der Waals surface area contributed by atoms with Crippen molar-refractivity contribution in [2.45, 2.75) is 69.8 Å². The third-order valence-electron chi connectivity index (χ3n) is 10.6. The van der Waals surface area contributed by atoms with Gasteiger partial charge in [-0.25, -0.2) is 9.59 Å². The molecular weight excluding hydrogens is 705 g/mol. The Hall–Kier alpha value is -6.02. The molecule has 0 saturated heterocycles. The van der Waals surface area contributed by atoms with Crippen LogP contribution in [-0.4, -0.2) is 25.8 Å². The van der Waals surface area contributed by atoms with Crippen molar-refractivity contribution in [3.05, 3.63) is 166 Å². The Bertz CT molecular complexity index is 2340. The van der Waals surface area contributed by atoms with Gasteiger partial charge in [-0.05, 0) is 87.7 Å². The smallest absolute Gasteiger partial charge is 0.339 e. The number of carbonyl (C=O) groups excluding carboxylic acids is 1. The molecule has 0 amide bonds. The van der Waals surface area contributed by atoms with E-state index in [1.54, 1.807) is 13.2 Å². The molecule has 0 N–H and O–H groups in total. The van der Waals surface area contributed by atoms with Gasteiger partial charge in [0.05, 0.1) is 38.2 Å². The van der Waals surface area contributed by atoms with Crippen molar-refractivity contribution < 1.29 is 32.9 Å². The quantitative estimate of drug-likeness (QED) is 0.130. The molecule has 1 aliphatic heterocycles. The van der Waals surface area contributed by atoms with Crippen LogP contribution in [-0.2, 0) is 25.1 Å². The second-order valence-corrected chi connectivity index (χ2v) is 16.5. The van der Waals surface area contributed by atoms with E-state index in [-0.39, 0.29) is 16.7 Å². The highest BCUT2D eigenvalue weighted by Gasteiger charge is 2.69. The number of methoxy groups -OCH3 is 2. The number of hydrogen-bond donors (Lipinski definition) is 0. The maximum atomic E-state index is 13.4. The van der Waals surface area contributed by atoms with E-state index in [0.717, 1.165) is 16.9 Å². The van der Waals surface area contributed by atoms with Crippen LogP contribution in [0.5, 0.6) is 28.7 Å². The Morgan fingerprint density at radius 3 is 1.79 bits per heavy atom. The van der Waals surface area contributed by atoms with Crippen LogP contribution in [0.2, 0.25) is 0 Å². The lowest BCUT2D eigenvalue weighted by Gasteiger charge is -2.59. The van der Waals surface area contributed by atoms with Gasteiger partial charge in [0.25, 0.3) is 0 Å². The molecule has 5 aromatic rings. The molecule has 0 bridgehead atoms. The zero-order valence-electron chi connectivity index (χ0n) is 33.1. The molecule has 8 heteroatoms. The first-order valence-corrected chi connectivity index (χ1v) is 18.8. The predicted octanol–water partition coefficient (Wildman–Crippen LogP) is 10.9. The Kier molecular flexibility index (Phi) is 10.2. The van der Waals surface area contributed by atoms with E-state index >= 15 is 0 Å². The predicted molar refractivity (Wildman–Crippen MR) is 217 cm³/mol. The average molecular weight is 753 g/mol. The number of carbonyl (C=O) groups is 1. The largest absolute Gasteiger partial charge is 0.500 e. The van der Waals surface area contributed by atoms with E-state index in [1.165, 1.54) is 30.4 Å². The molecule has 2 aliphatic rings. The van der Waals surface area contributed by atoms with Crippen LogP contribution in [0.25, 0.3) is 6.08 Å². The number of benzene rings is 4. The van der Waals surface area contributed by atoms with Gasteiger partial charge in [-0.3, -0.25) is 0 Å². The van der Waals surface area contributed by atoms with Crippen molar-refractivity contribution in [1.29, 1.82) is 0 Å². The fraction of sp³-hybridized carbons (Fsp3) is 0.292. The number of ether oxygens (including phenoxy) is 5. The van der Waals surface area contributed by atoms with Crippen molar-refractivity contribution in [3.8, 4) is 28.7 Å². The van der Waals surface area contributed by atoms with Crippen molar-refractivity contribution >= 4 is 12.0 Å². The maximum absolute atomic E-state index is 13.4. The van der Waals surface area contributed by atoms with Gasteiger partial charge >= 0.3 is 11.6 Å². The zero-order chi connectivity index (χ0) is 39.8. The van der Waals surface area contributed by atoms with E-state index in [0.29, 0.717) is 34.5 Å². The molecule has 56 heavy (non-hydrogen) atoms. The fourth-order valence-electron chi connectivity index (χ4n) is 7.73. The minimum atomic E-state index is -1.30. The van der Waals surface area contributed by atoms with E-state index < -0.39 is 29.0 Å². The molecule has 1 saturated carbocycles. The summed E-state index contributed by atoms with van der Waals surface area (Å²) in [7, 11) is 3.04. The van der Waals surface area contributed by atoms with Crippen molar-refractivity contribution in [3.63, 3.8) is 0 Å². The minimum absolute atomic E-state index is 0.0132. The van der Waals surface area contributed by atoms with Gasteiger partial charge in [0.2, 0.25) is 0 Å². The molecule has 0 unspecified atom stereocenters. The molecule has 4 aromatic carbocycles.